The van der Waals surface area contributed by atoms with E-state index in [0.717, 1.165) is 80.2 Å². The molecule has 1 saturated carbocycles. The second-order valence-electron chi connectivity index (χ2n) is 14.9. The predicted molar refractivity (Wildman–Crippen MR) is 193 cm³/mol. The summed E-state index contributed by atoms with van der Waals surface area (Å²) in [6, 6.07) is 14.2. The highest BCUT2D eigenvalue weighted by Crippen LogP contribution is 2.36. The Hall–Kier alpha value is -4.71. The summed E-state index contributed by atoms with van der Waals surface area (Å²) in [6.45, 7) is 3.41. The van der Waals surface area contributed by atoms with E-state index in [1.54, 1.807) is 6.20 Å². The molecule has 4 fully saturated rings. The van der Waals surface area contributed by atoms with Gasteiger partial charge in [0.1, 0.15) is 17.1 Å². The molecule has 1 atom stereocenters. The van der Waals surface area contributed by atoms with Crippen molar-refractivity contribution >= 4 is 46.6 Å². The Morgan fingerprint density at radius 3 is 2.45 bits per heavy atom. The first-order valence-electron chi connectivity index (χ1n) is 18.5. The van der Waals surface area contributed by atoms with Crippen molar-refractivity contribution in [2.24, 2.45) is 0 Å². The van der Waals surface area contributed by atoms with E-state index in [0.29, 0.717) is 74.7 Å². The number of hydrogen-bond donors (Lipinski definition) is 2. The number of nitrogens with zero attached hydrogens (tertiary/aromatic N) is 6. The molecular formula is C39H45FN8O3. The van der Waals surface area contributed by atoms with E-state index in [9.17, 15) is 14.4 Å². The third kappa shape index (κ3) is 7.11. The highest BCUT2D eigenvalue weighted by molar-refractivity contribution is 6.01. The van der Waals surface area contributed by atoms with Gasteiger partial charge in [-0.15, -0.1) is 0 Å². The molecule has 0 radical (unpaired) electrons. The van der Waals surface area contributed by atoms with Crippen LogP contribution in [0.4, 0.5) is 21.8 Å². The SMILES string of the molecule is O=Cc1cc2cnc(Nc3ccc(C4CCN(CC5(F)CCN(c6cccc(C7CCC(=O)NC7=O)c6)CC5)CC4)cn3)nc2n1C1CCCC1. The lowest BCUT2D eigenvalue weighted by Gasteiger charge is -2.42. The van der Waals surface area contributed by atoms with Gasteiger partial charge in [0.15, 0.2) is 6.29 Å². The Labute approximate surface area is 297 Å². The summed E-state index contributed by atoms with van der Waals surface area (Å²) in [4.78, 5) is 54.2. The fraction of sp³-hybridized carbons (Fsp3) is 0.487. The molecule has 0 bridgehead atoms. The summed E-state index contributed by atoms with van der Waals surface area (Å²) in [7, 11) is 0. The monoisotopic (exact) mass is 692 g/mol. The number of carbonyl (C=O) groups is 3. The third-order valence-corrected chi connectivity index (χ3v) is 11.5. The number of hydrogen-bond acceptors (Lipinski definition) is 9. The third-order valence-electron chi connectivity index (χ3n) is 11.5. The molecule has 11 nitrogen and oxygen atoms in total. The van der Waals surface area contributed by atoms with Crippen LogP contribution in [0.3, 0.4) is 0 Å². The Morgan fingerprint density at radius 2 is 1.73 bits per heavy atom. The predicted octanol–water partition coefficient (Wildman–Crippen LogP) is 6.21. The van der Waals surface area contributed by atoms with Crippen LogP contribution in [0.5, 0.6) is 0 Å². The van der Waals surface area contributed by atoms with Gasteiger partial charge >= 0.3 is 0 Å². The van der Waals surface area contributed by atoms with Gasteiger partial charge in [0.05, 0.1) is 11.6 Å². The molecule has 2 N–H and O–H groups in total. The molecule has 266 valence electrons. The number of anilines is 3. The first-order valence-corrected chi connectivity index (χ1v) is 18.5. The van der Waals surface area contributed by atoms with Gasteiger partial charge in [0, 0.05) is 68.4 Å². The van der Waals surface area contributed by atoms with Crippen LogP contribution < -0.4 is 15.5 Å². The molecule has 8 rings (SSSR count). The number of alkyl halides is 1. The normalized spacial score (nSPS) is 22.0. The molecular weight excluding hydrogens is 647 g/mol. The van der Waals surface area contributed by atoms with Gasteiger partial charge in [-0.25, -0.2) is 14.4 Å². The average molecular weight is 693 g/mol. The quantitative estimate of drug-likeness (QED) is 0.156. The van der Waals surface area contributed by atoms with Crippen LogP contribution in [0.2, 0.25) is 0 Å². The molecule has 3 aromatic heterocycles. The van der Waals surface area contributed by atoms with Crippen LogP contribution in [-0.4, -0.2) is 80.9 Å². The van der Waals surface area contributed by atoms with Gasteiger partial charge < -0.3 is 19.7 Å². The van der Waals surface area contributed by atoms with Gasteiger partial charge in [0.25, 0.3) is 0 Å². The number of piperidine rings is 3. The molecule has 2 amide bonds. The van der Waals surface area contributed by atoms with E-state index in [1.807, 2.05) is 42.6 Å². The molecule has 51 heavy (non-hydrogen) atoms. The highest BCUT2D eigenvalue weighted by atomic mass is 19.1. The summed E-state index contributed by atoms with van der Waals surface area (Å²) in [5, 5.41) is 6.56. The summed E-state index contributed by atoms with van der Waals surface area (Å²) in [5.74, 6) is 0.724. The van der Waals surface area contributed by atoms with Crippen molar-refractivity contribution in [2.75, 3.05) is 42.9 Å². The van der Waals surface area contributed by atoms with Crippen LogP contribution >= 0.6 is 0 Å². The van der Waals surface area contributed by atoms with Crippen LogP contribution in [0, 0.1) is 0 Å². The maximum atomic E-state index is 16.2. The van der Waals surface area contributed by atoms with Crippen molar-refractivity contribution in [3.63, 3.8) is 0 Å². The second kappa shape index (κ2) is 14.1. The first kappa shape index (κ1) is 33.4. The van der Waals surface area contributed by atoms with E-state index in [2.05, 4.69) is 41.0 Å². The number of imide groups is 1. The van der Waals surface area contributed by atoms with Crippen molar-refractivity contribution in [1.29, 1.82) is 0 Å². The van der Waals surface area contributed by atoms with Crippen LogP contribution in [-0.2, 0) is 9.59 Å². The molecule has 1 aromatic carbocycles. The zero-order valence-corrected chi connectivity index (χ0v) is 28.9. The minimum absolute atomic E-state index is 0.214. The van der Waals surface area contributed by atoms with E-state index in [1.165, 1.54) is 5.56 Å². The van der Waals surface area contributed by atoms with Crippen LogP contribution in [0.25, 0.3) is 11.0 Å². The number of carbonyl (C=O) groups excluding carboxylic acids is 3. The number of rotatable bonds is 9. The average Bonchev–Trinajstić information content (AvgIpc) is 3.80. The van der Waals surface area contributed by atoms with Gasteiger partial charge in [-0.1, -0.05) is 31.0 Å². The van der Waals surface area contributed by atoms with Gasteiger partial charge in [0.2, 0.25) is 17.8 Å². The fourth-order valence-electron chi connectivity index (χ4n) is 8.66. The minimum Gasteiger partial charge on any atom is -0.371 e. The molecule has 1 unspecified atom stereocenters. The molecule has 6 heterocycles. The Morgan fingerprint density at radius 1 is 0.922 bits per heavy atom. The van der Waals surface area contributed by atoms with E-state index < -0.39 is 5.67 Å². The lowest BCUT2D eigenvalue weighted by atomic mass is 9.87. The molecule has 3 aliphatic heterocycles. The minimum atomic E-state index is -1.22. The summed E-state index contributed by atoms with van der Waals surface area (Å²) in [6.07, 6.45) is 12.8. The first-order chi connectivity index (χ1) is 24.8. The van der Waals surface area contributed by atoms with Gasteiger partial charge in [-0.3, -0.25) is 19.7 Å². The lowest BCUT2D eigenvalue weighted by molar-refractivity contribution is -0.134. The largest absolute Gasteiger partial charge is 0.371 e. The van der Waals surface area contributed by atoms with Gasteiger partial charge in [-0.05, 0) is 86.5 Å². The lowest BCUT2D eigenvalue weighted by Crippen LogP contribution is -2.49. The van der Waals surface area contributed by atoms with Crippen molar-refractivity contribution in [2.45, 2.75) is 87.8 Å². The number of pyridine rings is 1. The van der Waals surface area contributed by atoms with E-state index in [4.69, 9.17) is 4.98 Å². The highest BCUT2D eigenvalue weighted by Gasteiger charge is 2.38. The number of halogens is 1. The summed E-state index contributed by atoms with van der Waals surface area (Å²) in [5.41, 5.74) is 3.30. The number of amides is 2. The van der Waals surface area contributed by atoms with Crippen LogP contribution in [0.15, 0.2) is 54.9 Å². The van der Waals surface area contributed by atoms with Crippen molar-refractivity contribution in [3.05, 3.63) is 71.7 Å². The molecule has 1 aliphatic carbocycles. The molecule has 4 aliphatic rings. The zero-order chi connectivity index (χ0) is 35.0. The molecule has 0 spiro atoms. The standard InChI is InChI=1S/C39H45FN8O3/c40-39(14-18-47(19-15-39)31-7-3-4-27(20-31)33-9-11-35(50)44-37(33)51)25-46-16-12-26(13-17-46)28-8-10-34(41-22-28)43-38-42-23-29-21-32(24-49)48(36(29)45-38)30-5-1-2-6-30/h3-4,7-8,10,20-24,26,30,33H,1-2,5-6,9,11-19,25H2,(H,44,50,51)(H,41,42,43,45). The Balaban J connectivity index is 0.829. The Bertz CT molecular complexity index is 1910. The van der Waals surface area contributed by atoms with Crippen molar-refractivity contribution in [1.82, 2.24) is 29.7 Å². The van der Waals surface area contributed by atoms with Gasteiger partial charge in [-0.2, -0.15) is 4.98 Å². The van der Waals surface area contributed by atoms with E-state index in [-0.39, 0.29) is 17.7 Å². The number of nitrogens with one attached hydrogen (secondary N) is 2. The smallest absolute Gasteiger partial charge is 0.234 e. The summed E-state index contributed by atoms with van der Waals surface area (Å²) < 4.78 is 18.2. The molecule has 4 aromatic rings. The number of aldehydes is 1. The maximum absolute atomic E-state index is 16.2. The van der Waals surface area contributed by atoms with Crippen molar-refractivity contribution in [3.8, 4) is 0 Å². The zero-order valence-electron chi connectivity index (χ0n) is 28.9. The van der Waals surface area contributed by atoms with Crippen molar-refractivity contribution < 1.29 is 18.8 Å². The maximum Gasteiger partial charge on any atom is 0.234 e. The van der Waals surface area contributed by atoms with Crippen LogP contribution in [0.1, 0.15) is 104 Å². The topological polar surface area (TPSA) is 125 Å². The number of fused-ring (bicyclic) bond motifs is 1. The second-order valence-corrected chi connectivity index (χ2v) is 14.9. The molecule has 3 saturated heterocycles. The number of aromatic nitrogens is 4. The Kier molecular flexibility index (Phi) is 9.26. The fourth-order valence-corrected chi connectivity index (χ4v) is 8.66. The number of benzene rings is 1. The van der Waals surface area contributed by atoms with E-state index >= 15 is 4.39 Å². The number of likely N-dealkylation sites (tertiary alicyclic amines) is 1. The molecule has 12 heteroatoms. The summed E-state index contributed by atoms with van der Waals surface area (Å²) >= 11 is 0.